The lowest BCUT2D eigenvalue weighted by molar-refractivity contribution is -0.00000784. The largest absolute Gasteiger partial charge is 1.00 e. The van der Waals surface area contributed by atoms with Crippen molar-refractivity contribution in [3.63, 3.8) is 0 Å². The van der Waals surface area contributed by atoms with Gasteiger partial charge in [-0.1, -0.05) is 30.3 Å². The van der Waals surface area contributed by atoms with Crippen molar-refractivity contribution in [2.75, 3.05) is 18.6 Å². The number of halogens is 2. The first-order chi connectivity index (χ1) is 13.2. The van der Waals surface area contributed by atoms with Crippen molar-refractivity contribution < 1.29 is 21.5 Å². The second kappa shape index (κ2) is 9.12. The minimum absolute atomic E-state index is 0. The Morgan fingerprint density at radius 3 is 2.61 bits per heavy atom. The van der Waals surface area contributed by atoms with Crippen molar-refractivity contribution in [2.45, 2.75) is 31.5 Å². The maximum atomic E-state index is 13.5. The molecule has 0 radical (unpaired) electrons. The maximum absolute atomic E-state index is 13.5. The number of tetrazole rings is 1. The average Bonchev–Trinajstić information content (AvgIpc) is 3.37. The molecule has 2 unspecified atom stereocenters. The van der Waals surface area contributed by atoms with E-state index in [1.807, 2.05) is 42.1 Å². The van der Waals surface area contributed by atoms with E-state index in [-0.39, 0.29) is 30.4 Å². The van der Waals surface area contributed by atoms with Crippen LogP contribution in [0.1, 0.15) is 30.3 Å². The van der Waals surface area contributed by atoms with Crippen LogP contribution in [0, 0.1) is 5.82 Å². The molecule has 2 atom stereocenters. The van der Waals surface area contributed by atoms with E-state index in [0.29, 0.717) is 12.4 Å². The van der Waals surface area contributed by atoms with Crippen LogP contribution in [-0.4, -0.2) is 40.0 Å². The second-order valence-electron chi connectivity index (χ2n) is 6.75. The summed E-state index contributed by atoms with van der Waals surface area (Å²) in [6.07, 6.45) is 2.20. The van der Waals surface area contributed by atoms with Crippen LogP contribution in [0.2, 0.25) is 0 Å². The minimum Gasteiger partial charge on any atom is -1.00 e. The highest BCUT2D eigenvalue weighted by atomic mass is 35.5. The highest BCUT2D eigenvalue weighted by Crippen LogP contribution is 2.30. The van der Waals surface area contributed by atoms with Crippen LogP contribution >= 0.6 is 0 Å². The Labute approximate surface area is 169 Å². The van der Waals surface area contributed by atoms with Crippen molar-refractivity contribution in [1.29, 1.82) is 0 Å². The molecule has 1 fully saturated rings. The van der Waals surface area contributed by atoms with Gasteiger partial charge in [-0.2, -0.15) is 0 Å². The first-order valence-corrected chi connectivity index (χ1v) is 9.13. The van der Waals surface area contributed by atoms with Gasteiger partial charge in [0, 0.05) is 19.3 Å². The van der Waals surface area contributed by atoms with Crippen molar-refractivity contribution in [2.24, 2.45) is 0 Å². The van der Waals surface area contributed by atoms with Crippen LogP contribution in [0.15, 0.2) is 54.6 Å². The SMILES string of the molecule is CN(c1ccccc1)C(c1ccc(F)cc1)c1nnnn1CC1CCCO1.[Cl-]. The zero-order chi connectivity index (χ0) is 18.6. The lowest BCUT2D eigenvalue weighted by atomic mass is 10.0. The number of aromatic nitrogens is 4. The van der Waals surface area contributed by atoms with Gasteiger partial charge in [0.25, 0.3) is 0 Å². The Morgan fingerprint density at radius 1 is 1.18 bits per heavy atom. The van der Waals surface area contributed by atoms with E-state index < -0.39 is 0 Å². The molecule has 0 aliphatic carbocycles. The third kappa shape index (κ3) is 4.31. The van der Waals surface area contributed by atoms with Gasteiger partial charge in [-0.25, -0.2) is 9.07 Å². The number of anilines is 1. The highest BCUT2D eigenvalue weighted by molar-refractivity contribution is 5.49. The molecule has 0 amide bonds. The molecule has 0 N–H and O–H groups in total. The van der Waals surface area contributed by atoms with E-state index in [0.717, 1.165) is 30.7 Å². The number of rotatable bonds is 6. The molecule has 4 rings (SSSR count). The molecule has 3 aromatic rings. The van der Waals surface area contributed by atoms with Crippen LogP contribution in [0.25, 0.3) is 0 Å². The maximum Gasteiger partial charge on any atom is 0.178 e. The number of ether oxygens (including phenoxy) is 1. The first-order valence-electron chi connectivity index (χ1n) is 9.13. The molecule has 1 aliphatic heterocycles. The fraction of sp³-hybridized carbons (Fsp3) is 0.350. The summed E-state index contributed by atoms with van der Waals surface area (Å²) in [4.78, 5) is 2.10. The molecule has 1 saturated heterocycles. The molecular weight excluding hydrogens is 381 g/mol. The van der Waals surface area contributed by atoms with Gasteiger partial charge < -0.3 is 22.0 Å². The van der Waals surface area contributed by atoms with Crippen molar-refractivity contribution >= 4 is 5.69 Å². The minimum atomic E-state index is -0.265. The summed E-state index contributed by atoms with van der Waals surface area (Å²) in [5, 5.41) is 12.4. The third-order valence-corrected chi connectivity index (χ3v) is 4.94. The van der Waals surface area contributed by atoms with Gasteiger partial charge in [0.15, 0.2) is 5.82 Å². The molecule has 8 heteroatoms. The van der Waals surface area contributed by atoms with Crippen molar-refractivity contribution in [3.8, 4) is 0 Å². The molecular formula is C20H22ClFN5O-. The van der Waals surface area contributed by atoms with Crippen LogP contribution < -0.4 is 17.3 Å². The molecule has 148 valence electrons. The zero-order valence-corrected chi connectivity index (χ0v) is 16.3. The summed E-state index contributed by atoms with van der Waals surface area (Å²) in [6.45, 7) is 1.40. The number of hydrogen-bond donors (Lipinski definition) is 0. The smallest absolute Gasteiger partial charge is 0.178 e. The van der Waals surface area contributed by atoms with E-state index in [1.54, 1.807) is 12.1 Å². The lowest BCUT2D eigenvalue weighted by Gasteiger charge is -2.30. The monoisotopic (exact) mass is 402 g/mol. The number of para-hydroxylation sites is 1. The predicted octanol–water partition coefficient (Wildman–Crippen LogP) is 0.221. The highest BCUT2D eigenvalue weighted by Gasteiger charge is 2.28. The molecule has 6 nitrogen and oxygen atoms in total. The van der Waals surface area contributed by atoms with Gasteiger partial charge in [0.05, 0.1) is 12.6 Å². The Balaban J connectivity index is 0.00000225. The quantitative estimate of drug-likeness (QED) is 0.590. The van der Waals surface area contributed by atoms with E-state index >= 15 is 0 Å². The molecule has 0 saturated carbocycles. The standard InChI is InChI=1S/C20H22FN5O.ClH/c1-25(17-6-3-2-4-7-17)19(15-9-11-16(21)12-10-15)20-22-23-24-26(20)14-18-8-5-13-27-18;/h2-4,6-7,9-12,18-19H,5,8,13-14H2,1H3;1H/p-1. The van der Waals surface area contributed by atoms with Gasteiger partial charge in [-0.15, -0.1) is 5.10 Å². The Kier molecular flexibility index (Phi) is 6.59. The molecule has 0 spiro atoms. The van der Waals surface area contributed by atoms with E-state index in [2.05, 4.69) is 20.4 Å². The summed E-state index contributed by atoms with van der Waals surface area (Å²) in [7, 11) is 1.99. The van der Waals surface area contributed by atoms with E-state index in [9.17, 15) is 4.39 Å². The molecule has 2 aromatic carbocycles. The van der Waals surface area contributed by atoms with E-state index in [1.165, 1.54) is 12.1 Å². The summed E-state index contributed by atoms with van der Waals surface area (Å²) in [5.41, 5.74) is 1.95. The molecule has 2 heterocycles. The second-order valence-corrected chi connectivity index (χ2v) is 6.75. The van der Waals surface area contributed by atoms with E-state index in [4.69, 9.17) is 4.74 Å². The Morgan fingerprint density at radius 2 is 1.93 bits per heavy atom. The summed E-state index contributed by atoms with van der Waals surface area (Å²) < 4.78 is 21.0. The summed E-state index contributed by atoms with van der Waals surface area (Å²) >= 11 is 0. The molecule has 0 bridgehead atoms. The van der Waals surface area contributed by atoms with Crippen molar-refractivity contribution in [3.05, 3.63) is 71.8 Å². The summed E-state index contributed by atoms with van der Waals surface area (Å²) in [6, 6.07) is 16.3. The molecule has 1 aliphatic rings. The fourth-order valence-electron chi connectivity index (χ4n) is 3.52. The molecule has 1 aromatic heterocycles. The van der Waals surface area contributed by atoms with Gasteiger partial charge >= 0.3 is 0 Å². The normalized spacial score (nSPS) is 17.1. The number of hydrogen-bond acceptors (Lipinski definition) is 5. The van der Waals surface area contributed by atoms with Crippen LogP contribution in [0.5, 0.6) is 0 Å². The average molecular weight is 403 g/mol. The fourth-order valence-corrected chi connectivity index (χ4v) is 3.52. The van der Waals surface area contributed by atoms with Crippen molar-refractivity contribution in [1.82, 2.24) is 20.2 Å². The van der Waals surface area contributed by atoms with Gasteiger partial charge in [-0.3, -0.25) is 0 Å². The lowest BCUT2D eigenvalue weighted by Crippen LogP contribution is -3.00. The Bertz CT molecular complexity index is 868. The van der Waals surface area contributed by atoms with Gasteiger partial charge in [0.2, 0.25) is 0 Å². The number of nitrogens with zero attached hydrogens (tertiary/aromatic N) is 5. The van der Waals surface area contributed by atoms with Gasteiger partial charge in [-0.05, 0) is 53.1 Å². The topological polar surface area (TPSA) is 56.1 Å². The predicted molar refractivity (Wildman–Crippen MR) is 99.9 cm³/mol. The molecule has 28 heavy (non-hydrogen) atoms. The number of benzene rings is 2. The van der Waals surface area contributed by atoms with Crippen LogP contribution in [0.4, 0.5) is 10.1 Å². The van der Waals surface area contributed by atoms with Crippen LogP contribution in [-0.2, 0) is 11.3 Å². The zero-order valence-electron chi connectivity index (χ0n) is 15.6. The first kappa shape index (κ1) is 20.2. The van der Waals surface area contributed by atoms with Crippen LogP contribution in [0.3, 0.4) is 0 Å². The Hall–Kier alpha value is -2.51. The summed E-state index contributed by atoms with van der Waals surface area (Å²) in [5.74, 6) is 0.447. The van der Waals surface area contributed by atoms with Gasteiger partial charge in [0.1, 0.15) is 11.9 Å². The third-order valence-electron chi connectivity index (χ3n) is 4.94.